The molecule has 6 N–H and O–H groups in total. The second-order valence-electron chi connectivity index (χ2n) is 17.0. The number of ether oxygens (including phenoxy) is 2. The second-order valence-corrected chi connectivity index (χ2v) is 22.0. The number of aromatic hydroxyl groups is 1. The number of aliphatic hydroxyl groups is 2. The molecule has 1 heterocycles. The Bertz CT molecular complexity index is 4830. The summed E-state index contributed by atoms with van der Waals surface area (Å²) in [7, 11) is -17.8. The number of methoxy groups -OCH3 is 2. The molecule has 0 spiro atoms. The number of azo groups is 4. The van der Waals surface area contributed by atoms with Crippen LogP contribution in [0.25, 0.3) is 38.3 Å². The van der Waals surface area contributed by atoms with Crippen molar-refractivity contribution in [1.29, 1.82) is 0 Å². The summed E-state index contributed by atoms with van der Waals surface area (Å²) in [5.41, 5.74) is 3.48. The molecule has 0 saturated heterocycles. The summed E-state index contributed by atoms with van der Waals surface area (Å²) < 4.78 is 163. The predicted molar refractivity (Wildman–Crippen MR) is 297 cm³/mol. The van der Waals surface area contributed by atoms with Crippen LogP contribution in [-0.4, -0.2) is 109 Å². The molecule has 0 unspecified atom stereocenters. The van der Waals surface area contributed by atoms with Crippen molar-refractivity contribution in [1.82, 2.24) is 15.0 Å². The van der Waals surface area contributed by atoms with E-state index in [2.05, 4.69) is 51.1 Å². The molecule has 0 radical (unpaired) electrons. The van der Waals surface area contributed by atoms with Gasteiger partial charge in [0, 0.05) is 39.4 Å². The number of phenols is 1. The van der Waals surface area contributed by atoms with Crippen molar-refractivity contribution in [3.63, 3.8) is 0 Å². The van der Waals surface area contributed by atoms with Crippen molar-refractivity contribution < 1.29 is 89.0 Å². The lowest BCUT2D eigenvalue weighted by atomic mass is 10.1. The first-order chi connectivity index (χ1) is 40.1. The molecule has 0 amide bonds. The molecule has 0 bridgehead atoms. The summed E-state index contributed by atoms with van der Waals surface area (Å²) in [5.74, 6) is 0.140. The molecule has 1 aromatic heterocycles. The molecule has 0 aliphatic rings. The number of fused-ring (bicyclic) bond motifs is 4. The normalized spacial score (nSPS) is 12.0. The van der Waals surface area contributed by atoms with E-state index in [-0.39, 0.29) is 83.6 Å². The van der Waals surface area contributed by atoms with Gasteiger partial charge in [0.05, 0.1) is 60.8 Å². The zero-order chi connectivity index (χ0) is 62.1. The van der Waals surface area contributed by atoms with Crippen molar-refractivity contribution in [3.8, 4) is 22.9 Å². The van der Waals surface area contributed by atoms with Gasteiger partial charge in [-0.3, -0.25) is 13.7 Å². The second kappa shape index (κ2) is 26.3. The van der Waals surface area contributed by atoms with Crippen LogP contribution in [0.15, 0.2) is 177 Å². The van der Waals surface area contributed by atoms with Gasteiger partial charge in [-0.15, -0.1) is 61.0 Å². The summed E-state index contributed by atoms with van der Waals surface area (Å²) in [4.78, 5) is -0.719. The molecule has 0 aliphatic carbocycles. The predicted octanol–water partition coefficient (Wildman–Crippen LogP) is 9.14. The lowest BCUT2D eigenvalue weighted by Crippen LogP contribution is -2.04. The highest BCUT2D eigenvalue weighted by Crippen LogP contribution is 2.42. The molecular weight excluding hydrogens is 1220 g/mol. The van der Waals surface area contributed by atoms with Crippen LogP contribution in [0, 0.1) is 6.92 Å². The smallest absolute Gasteiger partial charge is 0.425 e. The molecule has 0 fully saturated rings. The third kappa shape index (κ3) is 15.3. The first-order valence-corrected chi connectivity index (χ1v) is 29.5. The largest absolute Gasteiger partial charge is 0.505 e. The first kappa shape index (κ1) is 63.0. The molecule has 9 aromatic rings. The lowest BCUT2D eigenvalue weighted by molar-refractivity contribution is 0.282. The highest BCUT2D eigenvalue weighted by molar-refractivity contribution is 7.87. The SMILES string of the molecule is COc1cc(N=Nc2ccc(N=Nc3ccccc3S(=O)(=O)O)c(C)c2)c(CO)cc1N=Nc1cc(OC)c(N=Nc2ccc3cc(-n4nc5ccc6c(S(=O)(=O)O)cc(S(=O)(=O)O)cc6c5n4)ccc3c2O)cc1CO.O=S(=O)=O.O=S(=O)=O. The molecular formula is C49H39N11O20S5. The Morgan fingerprint density at radius 1 is 0.494 bits per heavy atom. The van der Waals surface area contributed by atoms with Gasteiger partial charge < -0.3 is 24.8 Å². The van der Waals surface area contributed by atoms with E-state index in [0.29, 0.717) is 45.0 Å². The number of hydrogen-bond donors (Lipinski definition) is 6. The monoisotopic (exact) mass is 1260 g/mol. The van der Waals surface area contributed by atoms with Crippen LogP contribution < -0.4 is 9.47 Å². The highest BCUT2D eigenvalue weighted by Gasteiger charge is 2.24. The Morgan fingerprint density at radius 2 is 1.01 bits per heavy atom. The zero-order valence-electron chi connectivity index (χ0n) is 43.3. The molecule has 85 heavy (non-hydrogen) atoms. The molecule has 0 atom stereocenters. The van der Waals surface area contributed by atoms with Crippen LogP contribution in [0.1, 0.15) is 16.7 Å². The van der Waals surface area contributed by atoms with Gasteiger partial charge in [0.1, 0.15) is 55.1 Å². The molecule has 8 aromatic carbocycles. The van der Waals surface area contributed by atoms with Crippen LogP contribution in [0.5, 0.6) is 17.2 Å². The van der Waals surface area contributed by atoms with Crippen molar-refractivity contribution in [2.24, 2.45) is 40.9 Å². The van der Waals surface area contributed by atoms with Crippen LogP contribution in [0.4, 0.5) is 45.5 Å². The third-order valence-corrected chi connectivity index (χ3v) is 14.3. The van der Waals surface area contributed by atoms with Crippen LogP contribution in [-0.2, 0) is 64.8 Å². The Labute approximate surface area is 482 Å². The van der Waals surface area contributed by atoms with Gasteiger partial charge in [0.15, 0.2) is 5.75 Å². The average Bonchev–Trinajstić information content (AvgIpc) is 3.64. The molecule has 440 valence electrons. The first-order valence-electron chi connectivity index (χ1n) is 23.2. The molecule has 31 nitrogen and oxygen atoms in total. The molecule has 36 heteroatoms. The summed E-state index contributed by atoms with van der Waals surface area (Å²) in [6.07, 6.45) is 0. The van der Waals surface area contributed by atoms with Gasteiger partial charge in [0.25, 0.3) is 30.4 Å². The maximum atomic E-state index is 12.2. The van der Waals surface area contributed by atoms with Crippen molar-refractivity contribution >= 4 is 130 Å². The van der Waals surface area contributed by atoms with E-state index in [1.54, 1.807) is 55.5 Å². The highest BCUT2D eigenvalue weighted by atomic mass is 32.2. The fourth-order valence-electron chi connectivity index (χ4n) is 7.86. The standard InChI is InChI=1S/C49H39N11O14S3.2O3S/c1-26-16-30(9-14-36(26)51-52-37-6-4-5-7-46(37)76(67,68)69)50-54-40-22-44(73-2)43(18-28(40)24-61)57-55-41-23-45(74-3)42(19-29(41)25-62)56-53-39-13-8-27-17-31(10-11-33(27)49(39)63)60-58-38-15-12-34-35(48(38)59-60)20-32(75(64,65)66)21-47(34)77(70,71)72;2*1-4(2)3/h4-23,61-63H,24-25H2,1-3H3,(H,64,65,66)(H,67,68,69)(H,70,71,72);;. The fourth-order valence-corrected chi connectivity index (χ4v) is 9.82. The van der Waals surface area contributed by atoms with Gasteiger partial charge in [-0.25, -0.2) is 0 Å². The van der Waals surface area contributed by atoms with Gasteiger partial charge in [-0.05, 0) is 103 Å². The quantitative estimate of drug-likeness (QED) is 0.0387. The average molecular weight is 1260 g/mol. The number of benzene rings is 8. The van der Waals surface area contributed by atoms with E-state index in [4.69, 9.17) is 34.7 Å². The number of aliphatic hydroxyl groups excluding tert-OH is 2. The summed E-state index contributed by atoms with van der Waals surface area (Å²) in [5, 5.41) is 75.7. The van der Waals surface area contributed by atoms with Crippen molar-refractivity contribution in [2.75, 3.05) is 14.2 Å². The Kier molecular flexibility index (Phi) is 19.5. The molecule has 0 saturated carbocycles. The zero-order valence-corrected chi connectivity index (χ0v) is 47.4. The van der Waals surface area contributed by atoms with E-state index < -0.39 is 74.6 Å². The number of rotatable bonds is 16. The minimum absolute atomic E-state index is 0.0255. The van der Waals surface area contributed by atoms with Crippen LogP contribution in [0.3, 0.4) is 0 Å². The molecule has 9 rings (SSSR count). The minimum Gasteiger partial charge on any atom is -0.505 e. The minimum atomic E-state index is -4.94. The molecule has 0 aliphatic heterocycles. The van der Waals surface area contributed by atoms with E-state index in [0.717, 1.165) is 6.07 Å². The van der Waals surface area contributed by atoms with Crippen LogP contribution in [0.2, 0.25) is 0 Å². The maximum absolute atomic E-state index is 12.2. The van der Waals surface area contributed by atoms with E-state index >= 15 is 0 Å². The number of phenolic OH excluding ortho intramolecular Hbond substituents is 1. The summed E-state index contributed by atoms with van der Waals surface area (Å²) in [6.45, 7) is 0.757. The van der Waals surface area contributed by atoms with E-state index in [9.17, 15) is 54.2 Å². The number of nitrogens with zero attached hydrogens (tertiary/aromatic N) is 11. The topological polar surface area (TPSA) is 474 Å². The lowest BCUT2D eigenvalue weighted by Gasteiger charge is -2.10. The van der Waals surface area contributed by atoms with Gasteiger partial charge in [-0.1, -0.05) is 24.3 Å². The Morgan fingerprint density at radius 3 is 1.56 bits per heavy atom. The van der Waals surface area contributed by atoms with Gasteiger partial charge in [0.2, 0.25) is 0 Å². The fraction of sp³-hybridized carbons (Fsp3) is 0.102. The number of aryl methyl sites for hydroxylation is 1. The van der Waals surface area contributed by atoms with Gasteiger partial charge >= 0.3 is 21.2 Å². The summed E-state index contributed by atoms with van der Waals surface area (Å²) >= 11 is 0. The van der Waals surface area contributed by atoms with Crippen LogP contribution >= 0.6 is 0 Å². The third-order valence-electron chi connectivity index (χ3n) is 11.7. The number of hydrogen-bond acceptors (Lipinski definition) is 27. The number of aromatic nitrogens is 3. The Balaban J connectivity index is 0.00000122. The van der Waals surface area contributed by atoms with Gasteiger partial charge in [-0.2, -0.15) is 45.4 Å². The summed E-state index contributed by atoms with van der Waals surface area (Å²) in [6, 6.07) is 28.8. The Hall–Kier alpha value is -9.63. The van der Waals surface area contributed by atoms with E-state index in [1.807, 2.05) is 0 Å². The van der Waals surface area contributed by atoms with Crippen molar-refractivity contribution in [3.05, 3.63) is 138 Å². The van der Waals surface area contributed by atoms with Crippen molar-refractivity contribution in [2.45, 2.75) is 34.8 Å². The van der Waals surface area contributed by atoms with E-state index in [1.165, 1.54) is 79.7 Å². The maximum Gasteiger partial charge on any atom is 0.425 e.